The summed E-state index contributed by atoms with van der Waals surface area (Å²) >= 11 is 0. The maximum absolute atomic E-state index is 11.2. The molecule has 1 atom stereocenters. The number of carbonyl (C=O) groups is 2. The van der Waals surface area contributed by atoms with Crippen molar-refractivity contribution < 1.29 is 9.59 Å². The zero-order valence-electron chi connectivity index (χ0n) is 7.72. The van der Waals surface area contributed by atoms with Crippen LogP contribution in [-0.2, 0) is 9.59 Å². The SMILES string of the molecule is CCNC(=O)C[C@H]1NCCNC1=O. The van der Waals surface area contributed by atoms with Gasteiger partial charge in [0.05, 0.1) is 12.5 Å². The molecule has 1 aliphatic rings. The van der Waals surface area contributed by atoms with E-state index in [1.54, 1.807) is 0 Å². The average molecular weight is 185 g/mol. The molecule has 3 N–H and O–H groups in total. The van der Waals surface area contributed by atoms with Crippen LogP contribution < -0.4 is 16.0 Å². The topological polar surface area (TPSA) is 70.2 Å². The predicted octanol–water partition coefficient (Wildman–Crippen LogP) is -1.40. The zero-order chi connectivity index (χ0) is 9.68. The van der Waals surface area contributed by atoms with Gasteiger partial charge in [0, 0.05) is 19.6 Å². The van der Waals surface area contributed by atoms with Gasteiger partial charge in [-0.15, -0.1) is 0 Å². The van der Waals surface area contributed by atoms with Gasteiger partial charge >= 0.3 is 0 Å². The quantitative estimate of drug-likeness (QED) is 0.506. The van der Waals surface area contributed by atoms with Gasteiger partial charge in [0.15, 0.2) is 0 Å². The van der Waals surface area contributed by atoms with E-state index in [-0.39, 0.29) is 24.3 Å². The van der Waals surface area contributed by atoms with Gasteiger partial charge in [0.1, 0.15) is 0 Å². The minimum absolute atomic E-state index is 0.0856. The van der Waals surface area contributed by atoms with Crippen LogP contribution in [0.5, 0.6) is 0 Å². The highest BCUT2D eigenvalue weighted by atomic mass is 16.2. The van der Waals surface area contributed by atoms with Crippen LogP contribution >= 0.6 is 0 Å². The third-order valence-electron chi connectivity index (χ3n) is 1.89. The molecule has 5 nitrogen and oxygen atoms in total. The Hall–Kier alpha value is -1.10. The molecule has 2 amide bonds. The van der Waals surface area contributed by atoms with E-state index in [4.69, 9.17) is 0 Å². The molecule has 1 aliphatic heterocycles. The van der Waals surface area contributed by atoms with Crippen molar-refractivity contribution in [3.05, 3.63) is 0 Å². The normalized spacial score (nSPS) is 22.2. The highest BCUT2D eigenvalue weighted by molar-refractivity contribution is 5.88. The molecule has 0 aliphatic carbocycles. The Morgan fingerprint density at radius 3 is 3.00 bits per heavy atom. The first-order valence-corrected chi connectivity index (χ1v) is 4.52. The Balaban J connectivity index is 2.33. The standard InChI is InChI=1S/C8H15N3O2/c1-2-9-7(12)5-6-8(13)11-4-3-10-6/h6,10H,2-5H2,1H3,(H,9,12)(H,11,13)/t6-/m1/s1. The zero-order valence-corrected chi connectivity index (χ0v) is 7.72. The molecule has 0 saturated carbocycles. The molecule has 5 heteroatoms. The van der Waals surface area contributed by atoms with Crippen LogP contribution in [0.2, 0.25) is 0 Å². The lowest BCUT2D eigenvalue weighted by Gasteiger charge is -2.22. The van der Waals surface area contributed by atoms with Crippen molar-refractivity contribution >= 4 is 11.8 Å². The van der Waals surface area contributed by atoms with E-state index in [1.165, 1.54) is 0 Å². The Bertz CT molecular complexity index is 206. The maximum atomic E-state index is 11.2. The smallest absolute Gasteiger partial charge is 0.237 e. The molecule has 0 radical (unpaired) electrons. The summed E-state index contributed by atoms with van der Waals surface area (Å²) in [4.78, 5) is 22.3. The number of nitrogens with one attached hydrogen (secondary N) is 3. The van der Waals surface area contributed by atoms with Gasteiger partial charge in [-0.05, 0) is 6.92 Å². The molecule has 74 valence electrons. The summed E-state index contributed by atoms with van der Waals surface area (Å²) < 4.78 is 0. The first-order valence-electron chi connectivity index (χ1n) is 4.52. The van der Waals surface area contributed by atoms with E-state index < -0.39 is 0 Å². The Morgan fingerprint density at radius 1 is 1.62 bits per heavy atom. The highest BCUT2D eigenvalue weighted by Gasteiger charge is 2.23. The predicted molar refractivity (Wildman–Crippen MR) is 48.1 cm³/mol. The number of hydrogen-bond donors (Lipinski definition) is 3. The monoisotopic (exact) mass is 185 g/mol. The van der Waals surface area contributed by atoms with E-state index in [2.05, 4.69) is 16.0 Å². The largest absolute Gasteiger partial charge is 0.356 e. The number of piperazine rings is 1. The van der Waals surface area contributed by atoms with Gasteiger partial charge in [-0.2, -0.15) is 0 Å². The summed E-state index contributed by atoms with van der Waals surface area (Å²) in [5, 5.41) is 8.34. The van der Waals surface area contributed by atoms with Crippen molar-refractivity contribution in [1.82, 2.24) is 16.0 Å². The molecular weight excluding hydrogens is 170 g/mol. The minimum atomic E-state index is -0.361. The van der Waals surface area contributed by atoms with Crippen molar-refractivity contribution in [2.45, 2.75) is 19.4 Å². The lowest BCUT2D eigenvalue weighted by atomic mass is 10.1. The number of carbonyl (C=O) groups excluding carboxylic acids is 2. The molecule has 1 rings (SSSR count). The van der Waals surface area contributed by atoms with Gasteiger partial charge in [-0.1, -0.05) is 0 Å². The second-order valence-electron chi connectivity index (χ2n) is 2.96. The molecule has 1 heterocycles. The summed E-state index contributed by atoms with van der Waals surface area (Å²) in [6, 6.07) is -0.361. The fourth-order valence-electron chi connectivity index (χ4n) is 1.27. The molecule has 1 saturated heterocycles. The third-order valence-corrected chi connectivity index (χ3v) is 1.89. The van der Waals surface area contributed by atoms with Crippen LogP contribution in [0, 0.1) is 0 Å². The van der Waals surface area contributed by atoms with Crippen molar-refractivity contribution in [1.29, 1.82) is 0 Å². The fourth-order valence-corrected chi connectivity index (χ4v) is 1.27. The third kappa shape index (κ3) is 3.02. The van der Waals surface area contributed by atoms with Crippen LogP contribution in [0.15, 0.2) is 0 Å². The van der Waals surface area contributed by atoms with Crippen LogP contribution in [0.3, 0.4) is 0 Å². The van der Waals surface area contributed by atoms with Crippen molar-refractivity contribution in [2.75, 3.05) is 19.6 Å². The van der Waals surface area contributed by atoms with Crippen LogP contribution in [0.1, 0.15) is 13.3 Å². The molecular formula is C8H15N3O2. The number of hydrogen-bond acceptors (Lipinski definition) is 3. The summed E-state index contributed by atoms with van der Waals surface area (Å²) in [7, 11) is 0. The molecule has 0 aromatic rings. The van der Waals surface area contributed by atoms with E-state index in [1.807, 2.05) is 6.92 Å². The van der Waals surface area contributed by atoms with Crippen molar-refractivity contribution in [3.63, 3.8) is 0 Å². The van der Waals surface area contributed by atoms with Crippen molar-refractivity contribution in [2.24, 2.45) is 0 Å². The van der Waals surface area contributed by atoms with Gasteiger partial charge in [0.25, 0.3) is 0 Å². The van der Waals surface area contributed by atoms with Gasteiger partial charge in [0.2, 0.25) is 11.8 Å². The van der Waals surface area contributed by atoms with E-state index in [0.29, 0.717) is 13.1 Å². The molecule has 0 aromatic heterocycles. The summed E-state index contributed by atoms with van der Waals surface area (Å²) in [6.07, 6.45) is 0.222. The van der Waals surface area contributed by atoms with Crippen molar-refractivity contribution in [3.8, 4) is 0 Å². The molecule has 0 bridgehead atoms. The van der Waals surface area contributed by atoms with E-state index in [9.17, 15) is 9.59 Å². The van der Waals surface area contributed by atoms with Crippen LogP contribution in [-0.4, -0.2) is 37.5 Å². The average Bonchev–Trinajstić information content (AvgIpc) is 2.09. The second kappa shape index (κ2) is 4.81. The molecule has 1 fully saturated rings. The first kappa shape index (κ1) is 9.98. The van der Waals surface area contributed by atoms with Gasteiger partial charge in [-0.25, -0.2) is 0 Å². The summed E-state index contributed by atoms with van der Waals surface area (Å²) in [6.45, 7) is 3.83. The Kier molecular flexibility index (Phi) is 3.70. The van der Waals surface area contributed by atoms with E-state index in [0.717, 1.165) is 6.54 Å². The Morgan fingerprint density at radius 2 is 2.38 bits per heavy atom. The van der Waals surface area contributed by atoms with E-state index >= 15 is 0 Å². The van der Waals surface area contributed by atoms with Gasteiger partial charge in [-0.3, -0.25) is 9.59 Å². The number of amides is 2. The summed E-state index contributed by atoms with van der Waals surface area (Å²) in [5.74, 6) is -0.172. The van der Waals surface area contributed by atoms with Gasteiger partial charge < -0.3 is 16.0 Å². The fraction of sp³-hybridized carbons (Fsp3) is 0.750. The van der Waals surface area contributed by atoms with Crippen LogP contribution in [0.4, 0.5) is 0 Å². The lowest BCUT2D eigenvalue weighted by Crippen LogP contribution is -2.54. The molecule has 0 aromatic carbocycles. The Labute approximate surface area is 77.3 Å². The van der Waals surface area contributed by atoms with Crippen LogP contribution in [0.25, 0.3) is 0 Å². The number of rotatable bonds is 3. The summed E-state index contributed by atoms with van der Waals surface area (Å²) in [5.41, 5.74) is 0. The molecule has 13 heavy (non-hydrogen) atoms. The minimum Gasteiger partial charge on any atom is -0.356 e. The lowest BCUT2D eigenvalue weighted by molar-refractivity contribution is -0.129. The first-order chi connectivity index (χ1) is 6.24. The molecule has 0 spiro atoms. The molecule has 0 unspecified atom stereocenters. The maximum Gasteiger partial charge on any atom is 0.237 e. The highest BCUT2D eigenvalue weighted by Crippen LogP contribution is 1.95. The second-order valence-corrected chi connectivity index (χ2v) is 2.96.